The van der Waals surface area contributed by atoms with Gasteiger partial charge in [0, 0.05) is 38.3 Å². The zero-order valence-corrected chi connectivity index (χ0v) is 13.6. The van der Waals surface area contributed by atoms with Gasteiger partial charge in [-0.1, -0.05) is 43.7 Å². The van der Waals surface area contributed by atoms with Crippen LogP contribution in [0.1, 0.15) is 32.3 Å². The van der Waals surface area contributed by atoms with Gasteiger partial charge in [-0.05, 0) is 25.3 Å². The SMILES string of the molecule is CCCCOCCN1CC(Cc2ccccc2)NCC1C. The molecule has 21 heavy (non-hydrogen) atoms. The van der Waals surface area contributed by atoms with Crippen LogP contribution in [0.3, 0.4) is 0 Å². The Kier molecular flexibility index (Phi) is 7.20. The minimum absolute atomic E-state index is 0.555. The van der Waals surface area contributed by atoms with Gasteiger partial charge in [0.05, 0.1) is 6.61 Å². The van der Waals surface area contributed by atoms with Gasteiger partial charge in [-0.15, -0.1) is 0 Å². The summed E-state index contributed by atoms with van der Waals surface area (Å²) < 4.78 is 5.72. The van der Waals surface area contributed by atoms with E-state index >= 15 is 0 Å². The Morgan fingerprint density at radius 3 is 2.81 bits per heavy atom. The molecular formula is C18H30N2O. The molecule has 1 saturated heterocycles. The Balaban J connectivity index is 1.73. The zero-order valence-electron chi connectivity index (χ0n) is 13.6. The largest absolute Gasteiger partial charge is 0.380 e. The summed E-state index contributed by atoms with van der Waals surface area (Å²) in [4.78, 5) is 2.57. The molecule has 118 valence electrons. The van der Waals surface area contributed by atoms with Crippen LogP contribution in [0.15, 0.2) is 30.3 Å². The highest BCUT2D eigenvalue weighted by Crippen LogP contribution is 2.11. The highest BCUT2D eigenvalue weighted by Gasteiger charge is 2.24. The van der Waals surface area contributed by atoms with Crippen molar-refractivity contribution in [1.82, 2.24) is 10.2 Å². The molecule has 0 amide bonds. The third-order valence-corrected chi connectivity index (χ3v) is 4.27. The summed E-state index contributed by atoms with van der Waals surface area (Å²) in [6.45, 7) is 9.53. The van der Waals surface area contributed by atoms with Crippen molar-refractivity contribution < 1.29 is 4.74 Å². The monoisotopic (exact) mass is 290 g/mol. The fraction of sp³-hybridized carbons (Fsp3) is 0.667. The topological polar surface area (TPSA) is 24.5 Å². The maximum Gasteiger partial charge on any atom is 0.0593 e. The van der Waals surface area contributed by atoms with E-state index in [2.05, 4.69) is 54.4 Å². The van der Waals surface area contributed by atoms with Gasteiger partial charge < -0.3 is 10.1 Å². The molecule has 0 saturated carbocycles. The second-order valence-electron chi connectivity index (χ2n) is 6.10. The van der Waals surface area contributed by atoms with Crippen LogP contribution in [0.5, 0.6) is 0 Å². The Morgan fingerprint density at radius 1 is 1.24 bits per heavy atom. The van der Waals surface area contributed by atoms with Crippen LogP contribution in [0, 0.1) is 0 Å². The molecule has 3 heteroatoms. The van der Waals surface area contributed by atoms with E-state index in [1.165, 1.54) is 18.4 Å². The van der Waals surface area contributed by atoms with Gasteiger partial charge in [0.2, 0.25) is 0 Å². The van der Waals surface area contributed by atoms with E-state index in [1.807, 2.05) is 0 Å². The Labute approximate surface area is 129 Å². The van der Waals surface area contributed by atoms with Crippen molar-refractivity contribution in [3.05, 3.63) is 35.9 Å². The van der Waals surface area contributed by atoms with Crippen molar-refractivity contribution in [3.63, 3.8) is 0 Å². The number of hydrogen-bond acceptors (Lipinski definition) is 3. The Hall–Kier alpha value is -0.900. The predicted octanol–water partition coefficient (Wildman–Crippen LogP) is 2.71. The average Bonchev–Trinajstić information content (AvgIpc) is 2.51. The molecule has 1 aromatic rings. The predicted molar refractivity (Wildman–Crippen MR) is 88.7 cm³/mol. The van der Waals surface area contributed by atoms with E-state index in [0.29, 0.717) is 12.1 Å². The molecule has 3 nitrogen and oxygen atoms in total. The molecule has 1 aromatic carbocycles. The van der Waals surface area contributed by atoms with Gasteiger partial charge >= 0.3 is 0 Å². The van der Waals surface area contributed by atoms with Gasteiger partial charge in [0.25, 0.3) is 0 Å². The summed E-state index contributed by atoms with van der Waals surface area (Å²) in [5.41, 5.74) is 1.42. The lowest BCUT2D eigenvalue weighted by atomic mass is 10.0. The summed E-state index contributed by atoms with van der Waals surface area (Å²) in [6, 6.07) is 11.9. The van der Waals surface area contributed by atoms with Crippen LogP contribution < -0.4 is 5.32 Å². The molecule has 2 atom stereocenters. The molecule has 1 aliphatic heterocycles. The van der Waals surface area contributed by atoms with E-state index in [-0.39, 0.29) is 0 Å². The molecule has 1 N–H and O–H groups in total. The first kappa shape index (κ1) is 16.5. The van der Waals surface area contributed by atoms with E-state index in [9.17, 15) is 0 Å². The number of unbranched alkanes of at least 4 members (excludes halogenated alkanes) is 1. The van der Waals surface area contributed by atoms with Crippen LogP contribution in [-0.2, 0) is 11.2 Å². The van der Waals surface area contributed by atoms with Gasteiger partial charge in [0.1, 0.15) is 0 Å². The highest BCUT2D eigenvalue weighted by molar-refractivity contribution is 5.16. The van der Waals surface area contributed by atoms with E-state index < -0.39 is 0 Å². The number of hydrogen-bond donors (Lipinski definition) is 1. The normalized spacial score (nSPS) is 23.3. The molecule has 0 aromatic heterocycles. The molecule has 1 heterocycles. The molecule has 0 bridgehead atoms. The molecule has 0 aliphatic carbocycles. The number of benzene rings is 1. The van der Waals surface area contributed by atoms with Crippen LogP contribution in [0.2, 0.25) is 0 Å². The summed E-state index contributed by atoms with van der Waals surface area (Å²) in [7, 11) is 0. The van der Waals surface area contributed by atoms with Crippen LogP contribution >= 0.6 is 0 Å². The number of piperazine rings is 1. The summed E-state index contributed by atoms with van der Waals surface area (Å²) in [6.07, 6.45) is 3.50. The maximum atomic E-state index is 5.72. The summed E-state index contributed by atoms with van der Waals surface area (Å²) >= 11 is 0. The summed E-state index contributed by atoms with van der Waals surface area (Å²) in [5, 5.41) is 3.68. The third-order valence-electron chi connectivity index (χ3n) is 4.27. The van der Waals surface area contributed by atoms with E-state index in [0.717, 1.165) is 39.3 Å². The van der Waals surface area contributed by atoms with Crippen molar-refractivity contribution in [2.75, 3.05) is 32.8 Å². The van der Waals surface area contributed by atoms with Gasteiger partial charge in [-0.25, -0.2) is 0 Å². The van der Waals surface area contributed by atoms with E-state index in [1.54, 1.807) is 0 Å². The number of nitrogens with one attached hydrogen (secondary N) is 1. The maximum absolute atomic E-state index is 5.72. The van der Waals surface area contributed by atoms with Crippen molar-refractivity contribution in [1.29, 1.82) is 0 Å². The number of nitrogens with zero attached hydrogens (tertiary/aromatic N) is 1. The lowest BCUT2D eigenvalue weighted by molar-refractivity contribution is 0.0691. The second-order valence-corrected chi connectivity index (χ2v) is 6.10. The summed E-state index contributed by atoms with van der Waals surface area (Å²) in [5.74, 6) is 0. The van der Waals surface area contributed by atoms with Crippen LogP contribution in [-0.4, -0.2) is 49.8 Å². The molecule has 1 fully saturated rings. The average molecular weight is 290 g/mol. The smallest absolute Gasteiger partial charge is 0.0593 e. The molecule has 0 spiro atoms. The highest BCUT2D eigenvalue weighted by atomic mass is 16.5. The fourth-order valence-corrected chi connectivity index (χ4v) is 2.87. The molecule has 1 aliphatic rings. The molecule has 0 radical (unpaired) electrons. The number of ether oxygens (including phenoxy) is 1. The fourth-order valence-electron chi connectivity index (χ4n) is 2.87. The first-order valence-corrected chi connectivity index (χ1v) is 8.38. The second kappa shape index (κ2) is 9.19. The molecule has 2 rings (SSSR count). The van der Waals surface area contributed by atoms with Crippen molar-refractivity contribution in [2.24, 2.45) is 0 Å². The van der Waals surface area contributed by atoms with Crippen LogP contribution in [0.4, 0.5) is 0 Å². The Bertz CT molecular complexity index is 382. The minimum Gasteiger partial charge on any atom is -0.380 e. The van der Waals surface area contributed by atoms with Crippen LogP contribution in [0.25, 0.3) is 0 Å². The van der Waals surface area contributed by atoms with Crippen molar-refractivity contribution in [2.45, 2.75) is 45.2 Å². The lowest BCUT2D eigenvalue weighted by Crippen LogP contribution is -2.56. The first-order chi connectivity index (χ1) is 10.3. The third kappa shape index (κ3) is 5.77. The first-order valence-electron chi connectivity index (χ1n) is 8.38. The van der Waals surface area contributed by atoms with Crippen molar-refractivity contribution in [3.8, 4) is 0 Å². The lowest BCUT2D eigenvalue weighted by Gasteiger charge is -2.38. The Morgan fingerprint density at radius 2 is 2.05 bits per heavy atom. The molecule has 2 unspecified atom stereocenters. The van der Waals surface area contributed by atoms with Gasteiger partial charge in [-0.3, -0.25) is 4.90 Å². The van der Waals surface area contributed by atoms with E-state index in [4.69, 9.17) is 4.74 Å². The van der Waals surface area contributed by atoms with Gasteiger partial charge in [-0.2, -0.15) is 0 Å². The number of rotatable bonds is 8. The quantitative estimate of drug-likeness (QED) is 0.745. The van der Waals surface area contributed by atoms with Crippen molar-refractivity contribution >= 4 is 0 Å². The molecular weight excluding hydrogens is 260 g/mol. The minimum atomic E-state index is 0.555. The van der Waals surface area contributed by atoms with Gasteiger partial charge in [0.15, 0.2) is 0 Å². The standard InChI is InChI=1S/C18H30N2O/c1-3-4-11-21-12-10-20-15-18(19-14-16(20)2)13-17-8-6-5-7-9-17/h5-9,16,18-19H,3-4,10-15H2,1-2H3. The zero-order chi connectivity index (χ0) is 14.9.